The van der Waals surface area contributed by atoms with Crippen molar-refractivity contribution in [3.8, 4) is 0 Å². The second kappa shape index (κ2) is 5.70. The van der Waals surface area contributed by atoms with Crippen LogP contribution in [0.15, 0.2) is 39.9 Å². The molecule has 1 amide bonds. The van der Waals surface area contributed by atoms with Crippen LogP contribution in [0.1, 0.15) is 15.9 Å². The third-order valence-corrected chi connectivity index (χ3v) is 4.90. The van der Waals surface area contributed by atoms with Gasteiger partial charge in [-0.15, -0.1) is 11.3 Å². The number of hydrogen-bond acceptors (Lipinski definition) is 4. The third-order valence-electron chi connectivity index (χ3n) is 2.52. The van der Waals surface area contributed by atoms with Gasteiger partial charge < -0.3 is 5.32 Å². The molecule has 0 saturated heterocycles. The topological polar surface area (TPSA) is 89.3 Å². The number of sulfonamides is 1. The first-order valence-corrected chi connectivity index (χ1v) is 7.93. The Morgan fingerprint density at radius 2 is 2.05 bits per heavy atom. The van der Waals surface area contributed by atoms with Crippen molar-refractivity contribution in [1.82, 2.24) is 5.32 Å². The lowest BCUT2D eigenvalue weighted by molar-refractivity contribution is 0.0951. The van der Waals surface area contributed by atoms with Crippen LogP contribution in [0.25, 0.3) is 0 Å². The Bertz CT molecular complexity index is 741. The fourth-order valence-corrected chi connectivity index (χ4v) is 3.09. The number of carbonyl (C=O) groups is 1. The van der Waals surface area contributed by atoms with Crippen LogP contribution in [-0.4, -0.2) is 14.3 Å². The van der Waals surface area contributed by atoms with Crippen LogP contribution in [0.2, 0.25) is 0 Å². The number of nitrogens with two attached hydrogens (primary N) is 1. The lowest BCUT2D eigenvalue weighted by Crippen LogP contribution is -2.22. The molecule has 1 aromatic carbocycles. The van der Waals surface area contributed by atoms with E-state index in [9.17, 15) is 17.6 Å². The van der Waals surface area contributed by atoms with Crippen LogP contribution in [0, 0.1) is 5.82 Å². The molecular formula is C12H11FN2O3S2. The number of hydrogen-bond donors (Lipinski definition) is 2. The van der Waals surface area contributed by atoms with Crippen LogP contribution in [0.5, 0.6) is 0 Å². The Hall–Kier alpha value is -1.77. The molecule has 20 heavy (non-hydrogen) atoms. The van der Waals surface area contributed by atoms with E-state index in [1.165, 1.54) is 17.5 Å². The highest BCUT2D eigenvalue weighted by molar-refractivity contribution is 7.91. The van der Waals surface area contributed by atoms with E-state index in [4.69, 9.17) is 5.14 Å². The fourth-order valence-electron chi connectivity index (χ4n) is 1.50. The highest BCUT2D eigenvalue weighted by atomic mass is 32.2. The van der Waals surface area contributed by atoms with Crippen molar-refractivity contribution >= 4 is 27.3 Å². The molecule has 0 atom stereocenters. The quantitative estimate of drug-likeness (QED) is 0.895. The number of carbonyl (C=O) groups excluding carboxylic acids is 1. The van der Waals surface area contributed by atoms with E-state index >= 15 is 0 Å². The van der Waals surface area contributed by atoms with Crippen LogP contribution >= 0.6 is 11.3 Å². The average molecular weight is 314 g/mol. The van der Waals surface area contributed by atoms with Crippen molar-refractivity contribution < 1.29 is 17.6 Å². The number of halogens is 1. The SMILES string of the molecule is NS(=O)(=O)c1cc(C(=O)NCc2ccccc2F)cs1. The number of nitrogens with one attached hydrogen (secondary N) is 1. The molecule has 5 nitrogen and oxygen atoms in total. The van der Waals surface area contributed by atoms with Crippen molar-refractivity contribution in [3.05, 3.63) is 52.7 Å². The summed E-state index contributed by atoms with van der Waals surface area (Å²) in [6.45, 7) is 0.0199. The van der Waals surface area contributed by atoms with E-state index in [0.29, 0.717) is 5.56 Å². The maximum atomic E-state index is 13.4. The molecule has 1 aromatic heterocycles. The van der Waals surface area contributed by atoms with Crippen LogP contribution in [0.3, 0.4) is 0 Å². The summed E-state index contributed by atoms with van der Waals surface area (Å²) >= 11 is 0.862. The molecule has 2 rings (SSSR count). The molecule has 1 heterocycles. The molecule has 0 unspecified atom stereocenters. The summed E-state index contributed by atoms with van der Waals surface area (Å²) in [7, 11) is -3.81. The first-order valence-electron chi connectivity index (χ1n) is 5.51. The van der Waals surface area contributed by atoms with Crippen LogP contribution in [-0.2, 0) is 16.6 Å². The number of benzene rings is 1. The third kappa shape index (κ3) is 3.41. The molecule has 2 aromatic rings. The Kier molecular flexibility index (Phi) is 4.17. The summed E-state index contributed by atoms with van der Waals surface area (Å²) < 4.78 is 35.5. The highest BCUT2D eigenvalue weighted by Gasteiger charge is 2.15. The molecule has 8 heteroatoms. The molecule has 0 radical (unpaired) electrons. The Balaban J connectivity index is 2.06. The Morgan fingerprint density at radius 3 is 2.65 bits per heavy atom. The lowest BCUT2D eigenvalue weighted by Gasteiger charge is -2.04. The molecule has 3 N–H and O–H groups in total. The predicted molar refractivity (Wildman–Crippen MR) is 73.3 cm³/mol. The zero-order valence-corrected chi connectivity index (χ0v) is 11.8. The number of amides is 1. The summed E-state index contributed by atoms with van der Waals surface area (Å²) in [5.41, 5.74) is 0.526. The summed E-state index contributed by atoms with van der Waals surface area (Å²) in [6.07, 6.45) is 0. The monoisotopic (exact) mass is 314 g/mol. The van der Waals surface area contributed by atoms with E-state index < -0.39 is 21.7 Å². The van der Waals surface area contributed by atoms with Gasteiger partial charge in [-0.05, 0) is 12.1 Å². The molecule has 0 aliphatic carbocycles. The maximum Gasteiger partial charge on any atom is 0.252 e. The normalized spacial score (nSPS) is 11.3. The highest BCUT2D eigenvalue weighted by Crippen LogP contribution is 2.18. The number of thiophene rings is 1. The fraction of sp³-hybridized carbons (Fsp3) is 0.0833. The summed E-state index contributed by atoms with van der Waals surface area (Å²) in [5.74, 6) is -0.900. The first-order chi connectivity index (χ1) is 9.38. The smallest absolute Gasteiger partial charge is 0.252 e. The van der Waals surface area contributed by atoms with Gasteiger partial charge in [-0.1, -0.05) is 18.2 Å². The predicted octanol–water partition coefficient (Wildman–Crippen LogP) is 1.46. The van der Waals surface area contributed by atoms with Gasteiger partial charge in [0, 0.05) is 17.5 Å². The molecule has 106 valence electrons. The van der Waals surface area contributed by atoms with Crippen molar-refractivity contribution in [2.24, 2.45) is 5.14 Å². The van der Waals surface area contributed by atoms with Gasteiger partial charge in [0.05, 0.1) is 5.56 Å². The van der Waals surface area contributed by atoms with Crippen LogP contribution < -0.4 is 10.5 Å². The zero-order valence-electron chi connectivity index (χ0n) is 10.2. The molecule has 0 fully saturated rings. The summed E-state index contributed by atoms with van der Waals surface area (Å²) in [6, 6.07) is 7.26. The Labute approximate surface area is 119 Å². The standard InChI is InChI=1S/C12H11FN2O3S2/c13-10-4-2-1-3-8(10)6-15-12(16)9-5-11(19-7-9)20(14,17)18/h1-5,7H,6H2,(H,15,16)(H2,14,17,18). The molecule has 0 bridgehead atoms. The zero-order chi connectivity index (χ0) is 14.8. The van der Waals surface area contributed by atoms with Gasteiger partial charge >= 0.3 is 0 Å². The minimum absolute atomic E-state index is 0.0199. The van der Waals surface area contributed by atoms with Gasteiger partial charge in [-0.3, -0.25) is 4.79 Å². The minimum Gasteiger partial charge on any atom is -0.348 e. The van der Waals surface area contributed by atoms with Crippen molar-refractivity contribution in [2.75, 3.05) is 0 Å². The van der Waals surface area contributed by atoms with Gasteiger partial charge in [-0.25, -0.2) is 17.9 Å². The number of primary sulfonamides is 1. The molecule has 0 aliphatic rings. The van der Waals surface area contributed by atoms with Gasteiger partial charge in [0.1, 0.15) is 10.0 Å². The second-order valence-corrected chi connectivity index (χ2v) is 6.67. The average Bonchev–Trinajstić information content (AvgIpc) is 2.87. The van der Waals surface area contributed by atoms with Gasteiger partial charge in [-0.2, -0.15) is 0 Å². The minimum atomic E-state index is -3.81. The number of rotatable bonds is 4. The largest absolute Gasteiger partial charge is 0.348 e. The summed E-state index contributed by atoms with van der Waals surface area (Å²) in [4.78, 5) is 11.8. The van der Waals surface area contributed by atoms with E-state index in [1.807, 2.05) is 0 Å². The van der Waals surface area contributed by atoms with Gasteiger partial charge in [0.15, 0.2) is 0 Å². The van der Waals surface area contributed by atoms with E-state index in [2.05, 4.69) is 5.32 Å². The van der Waals surface area contributed by atoms with Gasteiger partial charge in [0.2, 0.25) is 10.0 Å². The van der Waals surface area contributed by atoms with Crippen molar-refractivity contribution in [1.29, 1.82) is 0 Å². The van der Waals surface area contributed by atoms with E-state index in [0.717, 1.165) is 11.3 Å². The van der Waals surface area contributed by atoms with E-state index in [1.54, 1.807) is 18.2 Å². The summed E-state index contributed by atoms with van der Waals surface area (Å²) in [5, 5.41) is 8.85. The second-order valence-electron chi connectivity index (χ2n) is 3.97. The molecular weight excluding hydrogens is 303 g/mol. The molecule has 0 aliphatic heterocycles. The van der Waals surface area contributed by atoms with Crippen molar-refractivity contribution in [2.45, 2.75) is 10.8 Å². The Morgan fingerprint density at radius 1 is 1.35 bits per heavy atom. The lowest BCUT2D eigenvalue weighted by atomic mass is 10.2. The maximum absolute atomic E-state index is 13.4. The molecule has 0 saturated carbocycles. The molecule has 0 spiro atoms. The van der Waals surface area contributed by atoms with E-state index in [-0.39, 0.29) is 16.3 Å². The van der Waals surface area contributed by atoms with Gasteiger partial charge in [0.25, 0.3) is 5.91 Å². The van der Waals surface area contributed by atoms with Crippen molar-refractivity contribution in [3.63, 3.8) is 0 Å². The van der Waals surface area contributed by atoms with Crippen LogP contribution in [0.4, 0.5) is 4.39 Å². The first kappa shape index (κ1) is 14.6.